The molecule has 0 aromatic heterocycles. The maximum atomic E-state index is 12.3. The fraction of sp³-hybridized carbons (Fsp3) is 0.500. The molecule has 18 heavy (non-hydrogen) atoms. The van der Waals surface area contributed by atoms with E-state index in [1.54, 1.807) is 0 Å². The molecule has 1 amide bonds. The van der Waals surface area contributed by atoms with Crippen LogP contribution in [0.3, 0.4) is 0 Å². The second-order valence-corrected chi connectivity index (χ2v) is 4.53. The average Bonchev–Trinajstić information content (AvgIpc) is 2.46. The predicted molar refractivity (Wildman–Crippen MR) is 70.5 cm³/mol. The number of carbonyl (C=O) groups is 1. The van der Waals surface area contributed by atoms with Crippen LogP contribution in [0.5, 0.6) is 0 Å². The van der Waals surface area contributed by atoms with Gasteiger partial charge in [0.25, 0.3) is 5.91 Å². The number of carbonyl (C=O) groups excluding carboxylic acids is 1. The third kappa shape index (κ3) is 2.89. The quantitative estimate of drug-likeness (QED) is 0.870. The van der Waals surface area contributed by atoms with Crippen LogP contribution < -0.4 is 5.73 Å². The highest BCUT2D eigenvalue weighted by molar-refractivity contribution is 5.94. The van der Waals surface area contributed by atoms with Crippen molar-refractivity contribution in [1.29, 1.82) is 0 Å². The first-order valence-electron chi connectivity index (χ1n) is 6.44. The van der Waals surface area contributed by atoms with E-state index in [0.717, 1.165) is 12.0 Å². The van der Waals surface area contributed by atoms with Gasteiger partial charge < -0.3 is 15.4 Å². The maximum absolute atomic E-state index is 12.3. The standard InChI is InChI=1S/C14H20N2O2/c1-2-11-3-5-12(6-4-11)14(17)16-7-8-18-13(9-15)10-16/h3-6,13H,2,7-10,15H2,1H3/t13-/m0/s1. The Morgan fingerprint density at radius 3 is 2.78 bits per heavy atom. The number of amides is 1. The Morgan fingerprint density at radius 1 is 1.44 bits per heavy atom. The van der Waals surface area contributed by atoms with Crippen LogP contribution in [0.1, 0.15) is 22.8 Å². The van der Waals surface area contributed by atoms with Gasteiger partial charge in [0.05, 0.1) is 12.7 Å². The van der Waals surface area contributed by atoms with Crippen LogP contribution in [0.15, 0.2) is 24.3 Å². The van der Waals surface area contributed by atoms with E-state index in [-0.39, 0.29) is 12.0 Å². The summed E-state index contributed by atoms with van der Waals surface area (Å²) in [7, 11) is 0. The van der Waals surface area contributed by atoms with Crippen molar-refractivity contribution < 1.29 is 9.53 Å². The van der Waals surface area contributed by atoms with Crippen LogP contribution in [0, 0.1) is 0 Å². The van der Waals surface area contributed by atoms with Crippen LogP contribution in [0.2, 0.25) is 0 Å². The zero-order chi connectivity index (χ0) is 13.0. The lowest BCUT2D eigenvalue weighted by Crippen LogP contribution is -2.48. The molecule has 0 saturated carbocycles. The molecule has 98 valence electrons. The first kappa shape index (κ1) is 13.1. The molecule has 1 aromatic carbocycles. The van der Waals surface area contributed by atoms with E-state index < -0.39 is 0 Å². The summed E-state index contributed by atoms with van der Waals surface area (Å²) in [5.41, 5.74) is 7.56. The van der Waals surface area contributed by atoms with Crippen LogP contribution in [-0.4, -0.2) is 43.2 Å². The number of nitrogens with two attached hydrogens (primary N) is 1. The lowest BCUT2D eigenvalue weighted by Gasteiger charge is -2.32. The Kier molecular flexibility index (Phi) is 4.33. The number of hydrogen-bond acceptors (Lipinski definition) is 3. The molecule has 0 unspecified atom stereocenters. The third-order valence-corrected chi connectivity index (χ3v) is 3.30. The van der Waals surface area contributed by atoms with Gasteiger partial charge in [0.15, 0.2) is 0 Å². The highest BCUT2D eigenvalue weighted by Crippen LogP contribution is 2.11. The highest BCUT2D eigenvalue weighted by atomic mass is 16.5. The molecule has 2 rings (SSSR count). The van der Waals surface area contributed by atoms with Gasteiger partial charge in [-0.2, -0.15) is 0 Å². The Hall–Kier alpha value is -1.39. The van der Waals surface area contributed by atoms with Gasteiger partial charge in [-0.25, -0.2) is 0 Å². The molecular weight excluding hydrogens is 228 g/mol. The Bertz CT molecular complexity index is 403. The molecule has 1 atom stereocenters. The van der Waals surface area contributed by atoms with E-state index in [2.05, 4.69) is 6.92 Å². The van der Waals surface area contributed by atoms with E-state index in [4.69, 9.17) is 10.5 Å². The molecule has 0 aliphatic carbocycles. The Labute approximate surface area is 108 Å². The van der Waals surface area contributed by atoms with E-state index in [1.165, 1.54) is 5.56 Å². The molecule has 1 aliphatic rings. The molecule has 1 fully saturated rings. The number of benzene rings is 1. The summed E-state index contributed by atoms with van der Waals surface area (Å²) < 4.78 is 5.46. The molecule has 1 heterocycles. The van der Waals surface area contributed by atoms with Crippen LogP contribution >= 0.6 is 0 Å². The molecule has 0 radical (unpaired) electrons. The summed E-state index contributed by atoms with van der Waals surface area (Å²) in [4.78, 5) is 14.1. The topological polar surface area (TPSA) is 55.6 Å². The zero-order valence-corrected chi connectivity index (χ0v) is 10.8. The summed E-state index contributed by atoms with van der Waals surface area (Å²) in [5, 5.41) is 0. The van der Waals surface area contributed by atoms with Crippen LogP contribution in [-0.2, 0) is 11.2 Å². The van der Waals surface area contributed by atoms with Crippen LogP contribution in [0.25, 0.3) is 0 Å². The SMILES string of the molecule is CCc1ccc(C(=O)N2CCO[C@@H](CN)C2)cc1. The second-order valence-electron chi connectivity index (χ2n) is 4.53. The van der Waals surface area contributed by atoms with Gasteiger partial charge >= 0.3 is 0 Å². The normalized spacial score (nSPS) is 19.9. The van der Waals surface area contributed by atoms with Gasteiger partial charge in [-0.3, -0.25) is 4.79 Å². The number of ether oxygens (including phenoxy) is 1. The summed E-state index contributed by atoms with van der Waals surface area (Å²) in [6.07, 6.45) is 0.957. The van der Waals surface area contributed by atoms with E-state index in [1.807, 2.05) is 29.2 Å². The first-order chi connectivity index (χ1) is 8.74. The predicted octanol–water partition coefficient (Wildman–Crippen LogP) is 1.05. The molecule has 0 bridgehead atoms. The zero-order valence-electron chi connectivity index (χ0n) is 10.8. The summed E-state index contributed by atoms with van der Waals surface area (Å²) >= 11 is 0. The van der Waals surface area contributed by atoms with Gasteiger partial charge in [-0.05, 0) is 24.1 Å². The highest BCUT2D eigenvalue weighted by Gasteiger charge is 2.23. The smallest absolute Gasteiger partial charge is 0.254 e. The minimum Gasteiger partial charge on any atom is -0.373 e. The third-order valence-electron chi connectivity index (χ3n) is 3.30. The van der Waals surface area contributed by atoms with Gasteiger partial charge in [0.2, 0.25) is 0 Å². The number of hydrogen-bond donors (Lipinski definition) is 1. The van der Waals surface area contributed by atoms with Gasteiger partial charge in [0, 0.05) is 25.2 Å². The fourth-order valence-corrected chi connectivity index (χ4v) is 2.11. The van der Waals surface area contributed by atoms with Crippen molar-refractivity contribution in [3.8, 4) is 0 Å². The molecule has 4 nitrogen and oxygen atoms in total. The lowest BCUT2D eigenvalue weighted by molar-refractivity contribution is -0.0167. The van der Waals surface area contributed by atoms with Gasteiger partial charge in [0.1, 0.15) is 0 Å². The van der Waals surface area contributed by atoms with E-state index in [0.29, 0.717) is 26.2 Å². The fourth-order valence-electron chi connectivity index (χ4n) is 2.11. The number of morpholine rings is 1. The van der Waals surface area contributed by atoms with Gasteiger partial charge in [-0.15, -0.1) is 0 Å². The van der Waals surface area contributed by atoms with E-state index in [9.17, 15) is 4.79 Å². The average molecular weight is 248 g/mol. The van der Waals surface area contributed by atoms with Crippen molar-refractivity contribution in [2.24, 2.45) is 5.73 Å². The second kappa shape index (κ2) is 5.98. The van der Waals surface area contributed by atoms with Crippen molar-refractivity contribution in [2.75, 3.05) is 26.2 Å². The van der Waals surface area contributed by atoms with Crippen molar-refractivity contribution in [1.82, 2.24) is 4.90 Å². The minimum atomic E-state index is -0.0300. The monoisotopic (exact) mass is 248 g/mol. The summed E-state index contributed by atoms with van der Waals surface area (Å²) in [5.74, 6) is 0.0689. The Morgan fingerprint density at radius 2 is 2.17 bits per heavy atom. The van der Waals surface area contributed by atoms with Crippen LogP contribution in [0.4, 0.5) is 0 Å². The molecule has 0 spiro atoms. The largest absolute Gasteiger partial charge is 0.373 e. The number of aryl methyl sites for hydroxylation is 1. The lowest BCUT2D eigenvalue weighted by atomic mass is 10.1. The molecule has 1 saturated heterocycles. The summed E-state index contributed by atoms with van der Waals surface area (Å²) in [6.45, 7) is 4.36. The maximum Gasteiger partial charge on any atom is 0.254 e. The van der Waals surface area contributed by atoms with Crippen molar-refractivity contribution >= 4 is 5.91 Å². The van der Waals surface area contributed by atoms with Crippen molar-refractivity contribution in [3.05, 3.63) is 35.4 Å². The molecule has 4 heteroatoms. The minimum absolute atomic E-state index is 0.0300. The van der Waals surface area contributed by atoms with Gasteiger partial charge in [-0.1, -0.05) is 19.1 Å². The molecule has 1 aromatic rings. The number of rotatable bonds is 3. The Balaban J connectivity index is 2.05. The molecule has 2 N–H and O–H groups in total. The van der Waals surface area contributed by atoms with Crippen molar-refractivity contribution in [2.45, 2.75) is 19.4 Å². The first-order valence-corrected chi connectivity index (χ1v) is 6.44. The molecule has 1 aliphatic heterocycles. The van der Waals surface area contributed by atoms with E-state index >= 15 is 0 Å². The summed E-state index contributed by atoms with van der Waals surface area (Å²) in [6, 6.07) is 7.81. The molecular formula is C14H20N2O2. The van der Waals surface area contributed by atoms with Crippen molar-refractivity contribution in [3.63, 3.8) is 0 Å². The number of nitrogens with zero attached hydrogens (tertiary/aromatic N) is 1.